The summed E-state index contributed by atoms with van der Waals surface area (Å²) in [5.74, 6) is 0. The molecule has 1 unspecified atom stereocenters. The first-order valence-corrected chi connectivity index (χ1v) is 9.71. The molecule has 0 spiro atoms. The summed E-state index contributed by atoms with van der Waals surface area (Å²) in [5.41, 5.74) is 4.76. The number of aromatic nitrogens is 1. The Morgan fingerprint density at radius 1 is 1.17 bits per heavy atom. The molecule has 0 bridgehead atoms. The lowest BCUT2D eigenvalue weighted by atomic mass is 10.1. The van der Waals surface area contributed by atoms with Crippen molar-refractivity contribution in [1.29, 1.82) is 0 Å². The molecule has 2 aromatic heterocycles. The molecule has 0 amide bonds. The fraction of sp³-hybridized carbons (Fsp3) is 0.316. The zero-order valence-electron chi connectivity index (χ0n) is 14.4. The summed E-state index contributed by atoms with van der Waals surface area (Å²) in [4.78, 5) is 7.17. The minimum atomic E-state index is 0.226. The Labute approximate surface area is 150 Å². The zero-order chi connectivity index (χ0) is 17.1. The molecule has 24 heavy (non-hydrogen) atoms. The van der Waals surface area contributed by atoms with Gasteiger partial charge in [0.25, 0.3) is 0 Å². The third-order valence-electron chi connectivity index (χ3n) is 4.08. The average Bonchev–Trinajstić information content (AvgIpc) is 3.20. The number of benzene rings is 1. The predicted molar refractivity (Wildman–Crippen MR) is 103 cm³/mol. The monoisotopic (exact) mass is 358 g/mol. The Kier molecular flexibility index (Phi) is 5.33. The summed E-state index contributed by atoms with van der Waals surface area (Å²) in [6.45, 7) is 7.09. The summed E-state index contributed by atoms with van der Waals surface area (Å²) >= 11 is 3.43. The Morgan fingerprint density at radius 3 is 2.67 bits per heavy atom. The van der Waals surface area contributed by atoms with E-state index in [1.54, 1.807) is 29.8 Å². The van der Waals surface area contributed by atoms with Gasteiger partial charge in [-0.25, -0.2) is 4.99 Å². The van der Waals surface area contributed by atoms with E-state index in [0.717, 1.165) is 10.5 Å². The fourth-order valence-corrected chi connectivity index (χ4v) is 4.47. The van der Waals surface area contributed by atoms with Crippen molar-refractivity contribution in [2.24, 2.45) is 4.99 Å². The highest BCUT2D eigenvalue weighted by atomic mass is 32.1. The number of nitrogens with zero attached hydrogens (tertiary/aromatic N) is 2. The molecule has 1 atom stereocenters. The van der Waals surface area contributed by atoms with Crippen LogP contribution in [0.1, 0.15) is 24.1 Å². The molecule has 5 heteroatoms. The van der Waals surface area contributed by atoms with Crippen molar-refractivity contribution < 1.29 is 4.74 Å². The summed E-state index contributed by atoms with van der Waals surface area (Å²) in [6.07, 6.45) is 0. The van der Waals surface area contributed by atoms with Gasteiger partial charge in [0.15, 0.2) is 4.80 Å². The van der Waals surface area contributed by atoms with E-state index < -0.39 is 0 Å². The predicted octanol–water partition coefficient (Wildman–Crippen LogP) is 5.33. The van der Waals surface area contributed by atoms with Gasteiger partial charge in [0.1, 0.15) is 0 Å². The van der Waals surface area contributed by atoms with Gasteiger partial charge in [-0.1, -0.05) is 12.1 Å². The maximum Gasteiger partial charge on any atom is 0.190 e. The largest absolute Gasteiger partial charge is 0.383 e. The van der Waals surface area contributed by atoms with E-state index in [1.807, 2.05) is 0 Å². The highest BCUT2D eigenvalue weighted by Crippen LogP contribution is 2.28. The van der Waals surface area contributed by atoms with Crippen LogP contribution in [0.2, 0.25) is 0 Å². The minimum Gasteiger partial charge on any atom is -0.383 e. The first-order valence-electron chi connectivity index (χ1n) is 7.95. The van der Waals surface area contributed by atoms with E-state index >= 15 is 0 Å². The number of ether oxygens (including phenoxy) is 1. The van der Waals surface area contributed by atoms with Gasteiger partial charge in [0.2, 0.25) is 0 Å². The molecule has 0 aliphatic heterocycles. The van der Waals surface area contributed by atoms with Crippen molar-refractivity contribution in [2.45, 2.75) is 26.8 Å². The van der Waals surface area contributed by atoms with Crippen LogP contribution < -0.4 is 4.80 Å². The number of hydrogen-bond acceptors (Lipinski definition) is 4. The van der Waals surface area contributed by atoms with Crippen LogP contribution in [0.4, 0.5) is 5.69 Å². The van der Waals surface area contributed by atoms with E-state index in [9.17, 15) is 0 Å². The van der Waals surface area contributed by atoms with Crippen LogP contribution in [-0.4, -0.2) is 18.3 Å². The van der Waals surface area contributed by atoms with Crippen LogP contribution in [0.5, 0.6) is 0 Å². The van der Waals surface area contributed by atoms with E-state index in [2.05, 4.69) is 66.4 Å². The minimum absolute atomic E-state index is 0.226. The van der Waals surface area contributed by atoms with Gasteiger partial charge in [-0.15, -0.1) is 22.7 Å². The highest BCUT2D eigenvalue weighted by Gasteiger charge is 2.14. The Bertz CT molecular complexity index is 875. The summed E-state index contributed by atoms with van der Waals surface area (Å²) in [5, 5.41) is 4.30. The molecular weight excluding hydrogens is 336 g/mol. The van der Waals surface area contributed by atoms with Gasteiger partial charge in [0.05, 0.1) is 28.9 Å². The van der Waals surface area contributed by atoms with Crippen molar-refractivity contribution in [3.8, 4) is 10.6 Å². The number of methoxy groups -OCH3 is 1. The second-order valence-electron chi connectivity index (χ2n) is 5.94. The number of aryl methyl sites for hydroxylation is 2. The average molecular weight is 359 g/mol. The number of hydrogen-bond donors (Lipinski definition) is 0. The second kappa shape index (κ2) is 7.47. The third-order valence-corrected chi connectivity index (χ3v) is 5.81. The second-order valence-corrected chi connectivity index (χ2v) is 7.72. The topological polar surface area (TPSA) is 26.5 Å². The van der Waals surface area contributed by atoms with E-state index in [1.165, 1.54) is 21.7 Å². The SMILES string of the molecule is COCC(C)n1c(-c2cccs2)csc1=Nc1ccc(C)c(C)c1. The van der Waals surface area contributed by atoms with E-state index in [0.29, 0.717) is 6.61 Å². The highest BCUT2D eigenvalue weighted by molar-refractivity contribution is 7.14. The molecule has 0 aliphatic rings. The number of rotatable bonds is 5. The van der Waals surface area contributed by atoms with Crippen LogP contribution in [-0.2, 0) is 4.74 Å². The molecule has 0 N–H and O–H groups in total. The van der Waals surface area contributed by atoms with Gasteiger partial charge < -0.3 is 9.30 Å². The molecule has 0 saturated heterocycles. The van der Waals surface area contributed by atoms with Crippen molar-refractivity contribution in [1.82, 2.24) is 4.57 Å². The van der Waals surface area contributed by atoms with Crippen LogP contribution in [0.3, 0.4) is 0 Å². The molecule has 2 heterocycles. The van der Waals surface area contributed by atoms with Crippen LogP contribution >= 0.6 is 22.7 Å². The van der Waals surface area contributed by atoms with Gasteiger partial charge >= 0.3 is 0 Å². The van der Waals surface area contributed by atoms with Crippen LogP contribution in [0.15, 0.2) is 46.1 Å². The van der Waals surface area contributed by atoms with Crippen LogP contribution in [0, 0.1) is 13.8 Å². The fourth-order valence-electron chi connectivity index (χ4n) is 2.65. The summed E-state index contributed by atoms with van der Waals surface area (Å²) in [7, 11) is 1.74. The lowest BCUT2D eigenvalue weighted by Gasteiger charge is -2.15. The summed E-state index contributed by atoms with van der Waals surface area (Å²) < 4.78 is 7.67. The van der Waals surface area contributed by atoms with Crippen molar-refractivity contribution in [3.63, 3.8) is 0 Å². The molecule has 0 saturated carbocycles. The Morgan fingerprint density at radius 2 is 2.00 bits per heavy atom. The third kappa shape index (κ3) is 3.53. The zero-order valence-corrected chi connectivity index (χ0v) is 16.1. The molecule has 126 valence electrons. The summed E-state index contributed by atoms with van der Waals surface area (Å²) in [6, 6.07) is 10.8. The molecule has 0 fully saturated rings. The lowest BCUT2D eigenvalue weighted by molar-refractivity contribution is 0.162. The van der Waals surface area contributed by atoms with Crippen LogP contribution in [0.25, 0.3) is 10.6 Å². The first-order chi connectivity index (χ1) is 11.6. The van der Waals surface area contributed by atoms with E-state index in [-0.39, 0.29) is 6.04 Å². The molecule has 3 nitrogen and oxygen atoms in total. The molecule has 3 aromatic rings. The van der Waals surface area contributed by atoms with Gasteiger partial charge in [-0.2, -0.15) is 0 Å². The normalized spacial score (nSPS) is 13.4. The lowest BCUT2D eigenvalue weighted by Crippen LogP contribution is -2.22. The molecule has 0 aliphatic carbocycles. The maximum atomic E-state index is 5.39. The standard InChI is InChI=1S/C19H22N2OS2/c1-13-7-8-16(10-14(13)2)20-19-21(15(3)11-22-4)17(12-24-19)18-6-5-9-23-18/h5-10,12,15H,11H2,1-4H3. The Balaban J connectivity index is 2.13. The van der Waals surface area contributed by atoms with Gasteiger partial charge in [-0.05, 0) is 55.5 Å². The van der Waals surface area contributed by atoms with Crippen molar-refractivity contribution in [3.05, 3.63) is 57.0 Å². The first kappa shape index (κ1) is 17.1. The van der Waals surface area contributed by atoms with Gasteiger partial charge in [-0.3, -0.25) is 0 Å². The molecule has 0 radical (unpaired) electrons. The molecular formula is C19H22N2OS2. The maximum absolute atomic E-state index is 5.39. The van der Waals surface area contributed by atoms with Gasteiger partial charge in [0, 0.05) is 12.5 Å². The quantitative estimate of drug-likeness (QED) is 0.605. The van der Waals surface area contributed by atoms with E-state index in [4.69, 9.17) is 9.73 Å². The molecule has 3 rings (SSSR count). The molecule has 1 aromatic carbocycles. The smallest absolute Gasteiger partial charge is 0.190 e. The number of thiophene rings is 1. The number of thiazole rings is 1. The van der Waals surface area contributed by atoms with Crippen molar-refractivity contribution >= 4 is 28.4 Å². The van der Waals surface area contributed by atoms with Crippen molar-refractivity contribution in [2.75, 3.05) is 13.7 Å². The Hall–Kier alpha value is -1.69.